The van der Waals surface area contributed by atoms with E-state index in [1.807, 2.05) is 11.1 Å². The van der Waals surface area contributed by atoms with Crippen LogP contribution in [0.1, 0.15) is 48.3 Å². The molecule has 0 saturated carbocycles. The molecule has 2 aromatic rings. The van der Waals surface area contributed by atoms with Crippen LogP contribution in [-0.4, -0.2) is 39.0 Å². The lowest BCUT2D eigenvalue weighted by Gasteiger charge is -2.36. The maximum absolute atomic E-state index is 13.1. The number of carbonyl (C=O) groups is 1. The van der Waals surface area contributed by atoms with Crippen molar-refractivity contribution in [1.29, 1.82) is 0 Å². The zero-order chi connectivity index (χ0) is 17.1. The van der Waals surface area contributed by atoms with Gasteiger partial charge in [-0.05, 0) is 26.2 Å². The highest BCUT2D eigenvalue weighted by Gasteiger charge is 2.32. The first-order valence-electron chi connectivity index (χ1n) is 8.23. The summed E-state index contributed by atoms with van der Waals surface area (Å²) in [6, 6.07) is 1.30. The zero-order valence-electron chi connectivity index (χ0n) is 14.0. The predicted octanol–water partition coefficient (Wildman–Crippen LogP) is 1.97. The number of pyridine rings is 1. The van der Waals surface area contributed by atoms with Gasteiger partial charge in [0.2, 0.25) is 0 Å². The van der Waals surface area contributed by atoms with Gasteiger partial charge in [-0.25, -0.2) is 4.98 Å². The van der Waals surface area contributed by atoms with Crippen LogP contribution in [0.25, 0.3) is 0 Å². The number of carbonyl (C=O) groups excluding carboxylic acids is 1. The quantitative estimate of drug-likeness (QED) is 0.929. The highest BCUT2D eigenvalue weighted by Crippen LogP contribution is 2.33. The molecule has 2 aromatic heterocycles. The Labute approximate surface area is 140 Å². The third-order valence-corrected chi connectivity index (χ3v) is 4.53. The molecular weight excluding hydrogens is 308 g/mol. The average molecular weight is 330 g/mol. The van der Waals surface area contributed by atoms with E-state index in [-0.39, 0.29) is 17.5 Å². The Bertz CT molecular complexity index is 780. The molecule has 3 heterocycles. The number of nitrogens with one attached hydrogen (secondary N) is 1. The Balaban J connectivity index is 1.96. The number of ether oxygens (including phenoxy) is 1. The maximum Gasteiger partial charge on any atom is 0.259 e. The molecule has 1 atom stereocenters. The number of H-pyrrole nitrogens is 1. The van der Waals surface area contributed by atoms with Crippen LogP contribution in [0.4, 0.5) is 0 Å². The maximum atomic E-state index is 13.1. The summed E-state index contributed by atoms with van der Waals surface area (Å²) in [4.78, 5) is 33.2. The van der Waals surface area contributed by atoms with E-state index in [2.05, 4.69) is 21.5 Å². The fourth-order valence-corrected chi connectivity index (χ4v) is 3.30. The van der Waals surface area contributed by atoms with Crippen LogP contribution in [0.3, 0.4) is 0 Å². The normalized spacial score (nSPS) is 17.8. The first kappa shape index (κ1) is 16.3. The fourth-order valence-electron chi connectivity index (χ4n) is 3.30. The fraction of sp³-hybridized carbons (Fsp3) is 0.471. The van der Waals surface area contributed by atoms with Gasteiger partial charge < -0.3 is 19.2 Å². The monoisotopic (exact) mass is 330 g/mol. The van der Waals surface area contributed by atoms with Crippen LogP contribution < -0.4 is 10.3 Å². The molecule has 128 valence electrons. The Kier molecular flexibility index (Phi) is 4.69. The number of likely N-dealkylation sites (tertiary alicyclic amines) is 1. The van der Waals surface area contributed by atoms with E-state index in [9.17, 15) is 9.59 Å². The van der Waals surface area contributed by atoms with E-state index >= 15 is 0 Å². The molecule has 1 saturated heterocycles. The summed E-state index contributed by atoms with van der Waals surface area (Å²) in [6.07, 6.45) is 8.02. The molecule has 1 amide bonds. The number of aromatic amines is 1. The number of hydrogen-bond donors (Lipinski definition) is 1. The van der Waals surface area contributed by atoms with Gasteiger partial charge in [-0.3, -0.25) is 9.59 Å². The minimum Gasteiger partial charge on any atom is -0.496 e. The molecule has 1 fully saturated rings. The molecule has 7 nitrogen and oxygen atoms in total. The van der Waals surface area contributed by atoms with Crippen LogP contribution in [-0.2, 0) is 6.54 Å². The van der Waals surface area contributed by atoms with Gasteiger partial charge in [0.1, 0.15) is 5.75 Å². The molecule has 1 N–H and O–H groups in total. The van der Waals surface area contributed by atoms with Crippen molar-refractivity contribution in [3.05, 3.63) is 46.4 Å². The number of imidazole rings is 1. The summed E-state index contributed by atoms with van der Waals surface area (Å²) in [5.74, 6) is 0.175. The van der Waals surface area contributed by atoms with Gasteiger partial charge in [0.25, 0.3) is 11.5 Å². The standard InChI is InChI=1S/C17H22N4O3/c1-3-20-11-18-10-14(20)13-6-4-5-7-21(13)17(23)12-9-19-16(22)8-15(12)24-2/h8-11,13H,3-7H2,1-2H3,(H,19,22). The number of piperidine rings is 1. The second-order valence-corrected chi connectivity index (χ2v) is 5.89. The van der Waals surface area contributed by atoms with Gasteiger partial charge in [-0.1, -0.05) is 0 Å². The van der Waals surface area contributed by atoms with Gasteiger partial charge in [0, 0.05) is 25.4 Å². The Morgan fingerprint density at radius 3 is 3.04 bits per heavy atom. The van der Waals surface area contributed by atoms with Crippen molar-refractivity contribution in [2.24, 2.45) is 0 Å². The summed E-state index contributed by atoms with van der Waals surface area (Å²) < 4.78 is 7.29. The van der Waals surface area contributed by atoms with E-state index in [1.165, 1.54) is 19.4 Å². The Hall–Kier alpha value is -2.57. The summed E-state index contributed by atoms with van der Waals surface area (Å²) in [7, 11) is 1.46. The smallest absolute Gasteiger partial charge is 0.259 e. The van der Waals surface area contributed by atoms with Crippen LogP contribution in [0.2, 0.25) is 0 Å². The van der Waals surface area contributed by atoms with Crippen molar-refractivity contribution in [3.63, 3.8) is 0 Å². The summed E-state index contributed by atoms with van der Waals surface area (Å²) >= 11 is 0. The highest BCUT2D eigenvalue weighted by molar-refractivity contribution is 5.96. The van der Waals surface area contributed by atoms with Gasteiger partial charge >= 0.3 is 0 Å². The van der Waals surface area contributed by atoms with Gasteiger partial charge in [-0.15, -0.1) is 0 Å². The molecule has 0 radical (unpaired) electrons. The SMILES string of the molecule is CCn1cncc1C1CCCCN1C(=O)c1c[nH]c(=O)cc1OC. The lowest BCUT2D eigenvalue weighted by molar-refractivity contribution is 0.0597. The number of aryl methyl sites for hydroxylation is 1. The molecule has 1 aliphatic heterocycles. The Morgan fingerprint density at radius 1 is 1.46 bits per heavy atom. The number of hydrogen-bond acceptors (Lipinski definition) is 4. The molecule has 1 unspecified atom stereocenters. The number of amides is 1. The summed E-state index contributed by atoms with van der Waals surface area (Å²) in [6.45, 7) is 3.56. The third kappa shape index (κ3) is 2.93. The van der Waals surface area contributed by atoms with E-state index in [4.69, 9.17) is 4.74 Å². The van der Waals surface area contributed by atoms with Gasteiger partial charge in [-0.2, -0.15) is 0 Å². The average Bonchev–Trinajstić information content (AvgIpc) is 3.09. The Morgan fingerprint density at radius 2 is 2.29 bits per heavy atom. The number of nitrogens with zero attached hydrogens (tertiary/aromatic N) is 3. The largest absolute Gasteiger partial charge is 0.496 e. The molecule has 3 rings (SSSR count). The van der Waals surface area contributed by atoms with Gasteiger partial charge in [0.15, 0.2) is 0 Å². The van der Waals surface area contributed by atoms with E-state index in [1.54, 1.807) is 6.33 Å². The number of rotatable bonds is 4. The molecule has 1 aliphatic rings. The number of methoxy groups -OCH3 is 1. The molecule has 0 aromatic carbocycles. The second kappa shape index (κ2) is 6.90. The minimum atomic E-state index is -0.289. The lowest BCUT2D eigenvalue weighted by Crippen LogP contribution is -2.39. The number of aromatic nitrogens is 3. The zero-order valence-corrected chi connectivity index (χ0v) is 14.0. The van der Waals surface area contributed by atoms with Crippen LogP contribution >= 0.6 is 0 Å². The minimum absolute atomic E-state index is 0.00895. The first-order valence-corrected chi connectivity index (χ1v) is 8.23. The van der Waals surface area contributed by atoms with Crippen molar-refractivity contribution in [2.45, 2.75) is 38.8 Å². The highest BCUT2D eigenvalue weighted by atomic mass is 16.5. The van der Waals surface area contributed by atoms with Gasteiger partial charge in [0.05, 0.1) is 36.9 Å². The van der Waals surface area contributed by atoms with Crippen LogP contribution in [0.5, 0.6) is 5.75 Å². The third-order valence-electron chi connectivity index (χ3n) is 4.53. The molecule has 7 heteroatoms. The van der Waals surface area contributed by atoms with E-state index < -0.39 is 0 Å². The molecule has 0 bridgehead atoms. The van der Waals surface area contributed by atoms with Crippen LogP contribution in [0, 0.1) is 0 Å². The molecular formula is C17H22N4O3. The molecule has 24 heavy (non-hydrogen) atoms. The van der Waals surface area contributed by atoms with E-state index in [0.717, 1.165) is 31.5 Å². The van der Waals surface area contributed by atoms with Crippen molar-refractivity contribution >= 4 is 5.91 Å². The topological polar surface area (TPSA) is 80.2 Å². The summed E-state index contributed by atoms with van der Waals surface area (Å²) in [5.41, 5.74) is 1.14. The van der Waals surface area contributed by atoms with E-state index in [0.29, 0.717) is 17.9 Å². The van der Waals surface area contributed by atoms with Crippen molar-refractivity contribution in [2.75, 3.05) is 13.7 Å². The molecule has 0 spiro atoms. The van der Waals surface area contributed by atoms with Crippen molar-refractivity contribution in [3.8, 4) is 5.75 Å². The van der Waals surface area contributed by atoms with Crippen molar-refractivity contribution < 1.29 is 9.53 Å². The molecule has 0 aliphatic carbocycles. The van der Waals surface area contributed by atoms with Crippen molar-refractivity contribution in [1.82, 2.24) is 19.4 Å². The summed E-state index contributed by atoms with van der Waals surface area (Å²) in [5, 5.41) is 0. The first-order chi connectivity index (χ1) is 11.7. The second-order valence-electron chi connectivity index (χ2n) is 5.89. The van der Waals surface area contributed by atoms with Crippen LogP contribution in [0.15, 0.2) is 29.6 Å². The predicted molar refractivity (Wildman–Crippen MR) is 89.1 cm³/mol. The lowest BCUT2D eigenvalue weighted by atomic mass is 9.98.